The first kappa shape index (κ1) is 9.53. The van der Waals surface area contributed by atoms with Crippen LogP contribution in [0.25, 0.3) is 0 Å². The monoisotopic (exact) mass is 190 g/mol. The number of nitrogens with zero attached hydrogens (tertiary/aromatic N) is 1. The molecule has 1 aliphatic rings. The summed E-state index contributed by atoms with van der Waals surface area (Å²) >= 11 is 0. The smallest absolute Gasteiger partial charge is 0.0412 e. The molecule has 0 saturated carbocycles. The van der Waals surface area contributed by atoms with Crippen molar-refractivity contribution in [1.82, 2.24) is 0 Å². The zero-order chi connectivity index (χ0) is 10.1. The van der Waals surface area contributed by atoms with Crippen molar-refractivity contribution in [2.45, 2.75) is 25.8 Å². The van der Waals surface area contributed by atoms with Gasteiger partial charge in [0.05, 0.1) is 0 Å². The molecule has 76 valence electrons. The number of hydrogen-bond donors (Lipinski definition) is 1. The summed E-state index contributed by atoms with van der Waals surface area (Å²) in [7, 11) is 2.15. The molecule has 1 aliphatic heterocycles. The van der Waals surface area contributed by atoms with Crippen LogP contribution in [-0.2, 0) is 6.42 Å². The van der Waals surface area contributed by atoms with Crippen molar-refractivity contribution in [3.05, 3.63) is 29.3 Å². The van der Waals surface area contributed by atoms with E-state index in [2.05, 4.69) is 37.1 Å². The Labute approximate surface area is 85.7 Å². The average Bonchev–Trinajstić information content (AvgIpc) is 2.20. The minimum Gasteiger partial charge on any atom is -0.370 e. The molecule has 14 heavy (non-hydrogen) atoms. The van der Waals surface area contributed by atoms with E-state index in [0.717, 1.165) is 6.54 Å². The lowest BCUT2D eigenvalue weighted by molar-refractivity contribution is 0.564. The molecule has 0 fully saturated rings. The van der Waals surface area contributed by atoms with Crippen molar-refractivity contribution >= 4 is 5.69 Å². The highest BCUT2D eigenvalue weighted by molar-refractivity contribution is 5.57. The first-order valence-corrected chi connectivity index (χ1v) is 5.25. The van der Waals surface area contributed by atoms with Gasteiger partial charge < -0.3 is 10.6 Å². The van der Waals surface area contributed by atoms with Gasteiger partial charge in [-0.05, 0) is 37.0 Å². The third kappa shape index (κ3) is 1.50. The third-order valence-electron chi connectivity index (χ3n) is 3.19. The van der Waals surface area contributed by atoms with Gasteiger partial charge in [-0.2, -0.15) is 0 Å². The van der Waals surface area contributed by atoms with Gasteiger partial charge in [0, 0.05) is 25.3 Å². The first-order valence-electron chi connectivity index (χ1n) is 5.25. The molecule has 2 N–H and O–H groups in total. The van der Waals surface area contributed by atoms with E-state index in [1.807, 2.05) is 0 Å². The van der Waals surface area contributed by atoms with Crippen LogP contribution in [0.1, 0.15) is 17.5 Å². The molecular weight excluding hydrogens is 172 g/mol. The van der Waals surface area contributed by atoms with E-state index in [1.165, 1.54) is 29.7 Å². The van der Waals surface area contributed by atoms with Crippen molar-refractivity contribution in [2.75, 3.05) is 18.5 Å². The van der Waals surface area contributed by atoms with Crippen molar-refractivity contribution in [3.8, 4) is 0 Å². The zero-order valence-corrected chi connectivity index (χ0v) is 8.96. The summed E-state index contributed by atoms with van der Waals surface area (Å²) in [5.41, 5.74) is 9.90. The fraction of sp³-hybridized carbons (Fsp3) is 0.500. The summed E-state index contributed by atoms with van der Waals surface area (Å²) in [4.78, 5) is 2.33. The van der Waals surface area contributed by atoms with Gasteiger partial charge in [-0.1, -0.05) is 12.1 Å². The van der Waals surface area contributed by atoms with E-state index in [-0.39, 0.29) is 0 Å². The molecule has 0 aromatic heterocycles. The van der Waals surface area contributed by atoms with Gasteiger partial charge in [0.15, 0.2) is 0 Å². The molecule has 0 radical (unpaired) electrons. The zero-order valence-electron chi connectivity index (χ0n) is 8.96. The second-order valence-electron chi connectivity index (χ2n) is 4.17. The SMILES string of the molecule is Cc1ccc2c(c1)N(C)C(CN)CC2. The summed E-state index contributed by atoms with van der Waals surface area (Å²) in [6.45, 7) is 2.89. The summed E-state index contributed by atoms with van der Waals surface area (Å²) in [5.74, 6) is 0. The Morgan fingerprint density at radius 2 is 2.29 bits per heavy atom. The lowest BCUT2D eigenvalue weighted by atomic mass is 9.95. The van der Waals surface area contributed by atoms with Crippen LogP contribution in [0, 0.1) is 6.92 Å². The van der Waals surface area contributed by atoms with Crippen LogP contribution >= 0.6 is 0 Å². The van der Waals surface area contributed by atoms with Crippen LogP contribution in [0.15, 0.2) is 18.2 Å². The Morgan fingerprint density at radius 3 is 3.00 bits per heavy atom. The van der Waals surface area contributed by atoms with Crippen molar-refractivity contribution < 1.29 is 0 Å². The van der Waals surface area contributed by atoms with Crippen LogP contribution in [0.4, 0.5) is 5.69 Å². The average molecular weight is 190 g/mol. The Balaban J connectivity index is 2.38. The largest absolute Gasteiger partial charge is 0.370 e. The molecule has 0 bridgehead atoms. The molecule has 0 amide bonds. The normalized spacial score (nSPS) is 20.8. The lowest BCUT2D eigenvalue weighted by Gasteiger charge is -2.35. The van der Waals surface area contributed by atoms with Gasteiger partial charge in [-0.25, -0.2) is 0 Å². The Morgan fingerprint density at radius 1 is 1.50 bits per heavy atom. The molecule has 1 aromatic rings. The summed E-state index contributed by atoms with van der Waals surface area (Å²) in [6.07, 6.45) is 2.35. The summed E-state index contributed by atoms with van der Waals surface area (Å²) in [5, 5.41) is 0. The second kappa shape index (κ2) is 3.62. The summed E-state index contributed by atoms with van der Waals surface area (Å²) < 4.78 is 0. The van der Waals surface area contributed by atoms with E-state index >= 15 is 0 Å². The molecule has 0 saturated heterocycles. The molecule has 1 atom stereocenters. The molecular formula is C12H18N2. The lowest BCUT2D eigenvalue weighted by Crippen LogP contribution is -2.41. The van der Waals surface area contributed by atoms with Crippen molar-refractivity contribution in [2.24, 2.45) is 5.73 Å². The number of likely N-dealkylation sites (N-methyl/N-ethyl adjacent to an activating group) is 1. The standard InChI is InChI=1S/C12H18N2/c1-9-3-4-10-5-6-11(8-13)14(2)12(10)7-9/h3-4,7,11H,5-6,8,13H2,1-2H3. The van der Waals surface area contributed by atoms with Gasteiger partial charge in [0.2, 0.25) is 0 Å². The quantitative estimate of drug-likeness (QED) is 0.730. The molecule has 0 aliphatic carbocycles. The second-order valence-corrected chi connectivity index (χ2v) is 4.17. The fourth-order valence-corrected chi connectivity index (χ4v) is 2.20. The van der Waals surface area contributed by atoms with Gasteiger partial charge >= 0.3 is 0 Å². The molecule has 1 heterocycles. The Bertz CT molecular complexity index is 333. The predicted molar refractivity (Wildman–Crippen MR) is 60.7 cm³/mol. The Hall–Kier alpha value is -1.02. The maximum atomic E-state index is 5.75. The highest BCUT2D eigenvalue weighted by Gasteiger charge is 2.21. The number of fused-ring (bicyclic) bond motifs is 1. The molecule has 1 aromatic carbocycles. The fourth-order valence-electron chi connectivity index (χ4n) is 2.20. The van der Waals surface area contributed by atoms with E-state index in [1.54, 1.807) is 0 Å². The van der Waals surface area contributed by atoms with Crippen molar-refractivity contribution in [1.29, 1.82) is 0 Å². The van der Waals surface area contributed by atoms with Crippen molar-refractivity contribution in [3.63, 3.8) is 0 Å². The maximum absolute atomic E-state index is 5.75. The first-order chi connectivity index (χ1) is 6.72. The van der Waals surface area contributed by atoms with Crippen LogP contribution in [-0.4, -0.2) is 19.6 Å². The van der Waals surface area contributed by atoms with E-state index in [9.17, 15) is 0 Å². The topological polar surface area (TPSA) is 29.3 Å². The number of hydrogen-bond acceptors (Lipinski definition) is 2. The third-order valence-corrected chi connectivity index (χ3v) is 3.19. The number of anilines is 1. The van der Waals surface area contributed by atoms with E-state index < -0.39 is 0 Å². The van der Waals surface area contributed by atoms with E-state index in [4.69, 9.17) is 5.73 Å². The molecule has 2 rings (SSSR count). The molecule has 0 spiro atoms. The minimum absolute atomic E-state index is 0.518. The number of rotatable bonds is 1. The Kier molecular flexibility index (Phi) is 2.46. The summed E-state index contributed by atoms with van der Waals surface area (Å²) in [6, 6.07) is 7.21. The van der Waals surface area contributed by atoms with Crippen LogP contribution < -0.4 is 10.6 Å². The number of nitrogens with two attached hydrogens (primary N) is 1. The number of benzene rings is 1. The molecule has 2 nitrogen and oxygen atoms in total. The van der Waals surface area contributed by atoms with Crippen LogP contribution in [0.5, 0.6) is 0 Å². The minimum atomic E-state index is 0.518. The van der Waals surface area contributed by atoms with Gasteiger partial charge in [-0.3, -0.25) is 0 Å². The highest BCUT2D eigenvalue weighted by atomic mass is 15.1. The molecule has 1 unspecified atom stereocenters. The van der Waals surface area contributed by atoms with Gasteiger partial charge in [0.1, 0.15) is 0 Å². The van der Waals surface area contributed by atoms with Gasteiger partial charge in [-0.15, -0.1) is 0 Å². The molecule has 2 heteroatoms. The van der Waals surface area contributed by atoms with Crippen LogP contribution in [0.2, 0.25) is 0 Å². The maximum Gasteiger partial charge on any atom is 0.0412 e. The predicted octanol–water partition coefficient (Wildman–Crippen LogP) is 1.70. The van der Waals surface area contributed by atoms with Crippen LogP contribution in [0.3, 0.4) is 0 Å². The van der Waals surface area contributed by atoms with E-state index in [0.29, 0.717) is 6.04 Å². The number of aryl methyl sites for hydroxylation is 2. The highest BCUT2D eigenvalue weighted by Crippen LogP contribution is 2.29. The van der Waals surface area contributed by atoms with Gasteiger partial charge in [0.25, 0.3) is 0 Å².